The first kappa shape index (κ1) is 11.5. The van der Waals surface area contributed by atoms with E-state index in [1.165, 1.54) is 0 Å². The number of benzene rings is 1. The molecule has 0 amide bonds. The van der Waals surface area contributed by atoms with E-state index < -0.39 is 5.97 Å². The summed E-state index contributed by atoms with van der Waals surface area (Å²) < 4.78 is 7.13. The van der Waals surface area contributed by atoms with Crippen molar-refractivity contribution in [2.24, 2.45) is 7.05 Å². The largest absolute Gasteiger partial charge is 0.476 e. The highest BCUT2D eigenvalue weighted by Crippen LogP contribution is 2.28. The zero-order valence-electron chi connectivity index (χ0n) is 10.4. The Bertz CT molecular complexity index is 786. The van der Waals surface area contributed by atoms with Crippen molar-refractivity contribution in [2.75, 3.05) is 0 Å². The molecule has 0 bridgehead atoms. The van der Waals surface area contributed by atoms with Crippen LogP contribution in [-0.4, -0.2) is 25.8 Å². The number of nitrogens with zero attached hydrogens (tertiary/aromatic N) is 3. The highest BCUT2D eigenvalue weighted by Gasteiger charge is 2.20. The standard InChI is InChI=1S/C13H11N3O3/c1-7-10(13(17)18)14-12(19-7)11-8-5-3-4-6-9(8)16(2)15-11/h3-6H,1-2H3,(H,17,18). The highest BCUT2D eigenvalue weighted by molar-refractivity contribution is 5.92. The van der Waals surface area contributed by atoms with E-state index in [9.17, 15) is 4.79 Å². The number of carbonyl (C=O) groups is 1. The Kier molecular flexibility index (Phi) is 2.38. The second-order valence-corrected chi connectivity index (χ2v) is 4.22. The highest BCUT2D eigenvalue weighted by atomic mass is 16.4. The van der Waals surface area contributed by atoms with Gasteiger partial charge in [0.25, 0.3) is 0 Å². The molecule has 2 aromatic heterocycles. The molecule has 0 aliphatic carbocycles. The lowest BCUT2D eigenvalue weighted by atomic mass is 10.2. The van der Waals surface area contributed by atoms with E-state index in [-0.39, 0.29) is 17.3 Å². The van der Waals surface area contributed by atoms with Crippen molar-refractivity contribution < 1.29 is 14.3 Å². The molecule has 1 N–H and O–H groups in total. The molecule has 0 fully saturated rings. The number of carboxylic acids is 1. The molecule has 0 saturated heterocycles. The Hall–Kier alpha value is -2.63. The van der Waals surface area contributed by atoms with Gasteiger partial charge in [-0.1, -0.05) is 18.2 Å². The van der Waals surface area contributed by atoms with Gasteiger partial charge < -0.3 is 9.52 Å². The predicted molar refractivity (Wildman–Crippen MR) is 67.9 cm³/mol. The zero-order chi connectivity index (χ0) is 13.6. The molecule has 0 atom stereocenters. The van der Waals surface area contributed by atoms with Crippen molar-refractivity contribution in [1.29, 1.82) is 0 Å². The van der Waals surface area contributed by atoms with Gasteiger partial charge in [0.15, 0.2) is 11.4 Å². The summed E-state index contributed by atoms with van der Waals surface area (Å²) in [6.45, 7) is 1.57. The molecule has 2 heterocycles. The zero-order valence-corrected chi connectivity index (χ0v) is 10.4. The van der Waals surface area contributed by atoms with E-state index in [1.807, 2.05) is 31.3 Å². The summed E-state index contributed by atoms with van der Waals surface area (Å²) in [5.74, 6) is -0.600. The van der Waals surface area contributed by atoms with Crippen LogP contribution in [0, 0.1) is 6.92 Å². The normalized spacial score (nSPS) is 11.1. The minimum atomic E-state index is -1.10. The number of aromatic carboxylic acids is 1. The lowest BCUT2D eigenvalue weighted by Gasteiger charge is -1.90. The van der Waals surface area contributed by atoms with Gasteiger partial charge in [-0.05, 0) is 13.0 Å². The van der Waals surface area contributed by atoms with Crippen LogP contribution in [0.4, 0.5) is 0 Å². The first-order valence-electron chi connectivity index (χ1n) is 5.70. The van der Waals surface area contributed by atoms with E-state index in [1.54, 1.807) is 11.6 Å². The van der Waals surface area contributed by atoms with Gasteiger partial charge in [-0.25, -0.2) is 9.78 Å². The number of hydrogen-bond donors (Lipinski definition) is 1. The Morgan fingerprint density at radius 1 is 1.37 bits per heavy atom. The molecule has 6 heteroatoms. The molecule has 6 nitrogen and oxygen atoms in total. The number of aryl methyl sites for hydroxylation is 2. The van der Waals surface area contributed by atoms with Crippen LogP contribution in [-0.2, 0) is 7.05 Å². The number of hydrogen-bond acceptors (Lipinski definition) is 4. The van der Waals surface area contributed by atoms with E-state index in [0.29, 0.717) is 5.69 Å². The average molecular weight is 257 g/mol. The predicted octanol–water partition coefficient (Wildman–Crippen LogP) is 2.23. The van der Waals surface area contributed by atoms with Crippen LogP contribution in [0.15, 0.2) is 28.7 Å². The van der Waals surface area contributed by atoms with Gasteiger partial charge in [0.1, 0.15) is 5.76 Å². The SMILES string of the molecule is Cc1oc(-c2nn(C)c3ccccc23)nc1C(=O)O. The number of oxazole rings is 1. The molecule has 96 valence electrons. The maximum absolute atomic E-state index is 11.0. The molecule has 0 radical (unpaired) electrons. The molecular weight excluding hydrogens is 246 g/mol. The van der Waals surface area contributed by atoms with E-state index >= 15 is 0 Å². The summed E-state index contributed by atoms with van der Waals surface area (Å²) in [6, 6.07) is 7.64. The Morgan fingerprint density at radius 3 is 2.79 bits per heavy atom. The first-order valence-corrected chi connectivity index (χ1v) is 5.70. The van der Waals surface area contributed by atoms with Crippen LogP contribution in [0.5, 0.6) is 0 Å². The Labute approximate surface area is 108 Å². The lowest BCUT2D eigenvalue weighted by Crippen LogP contribution is -1.98. The third-order valence-electron chi connectivity index (χ3n) is 2.96. The lowest BCUT2D eigenvalue weighted by molar-refractivity contribution is 0.0689. The second kappa shape index (κ2) is 3.94. The fourth-order valence-electron chi connectivity index (χ4n) is 2.07. The molecule has 3 rings (SSSR count). The van der Waals surface area contributed by atoms with Crippen LogP contribution in [0.2, 0.25) is 0 Å². The van der Waals surface area contributed by atoms with Gasteiger partial charge in [0.2, 0.25) is 5.89 Å². The van der Waals surface area contributed by atoms with Crippen LogP contribution < -0.4 is 0 Å². The molecule has 0 aliphatic heterocycles. The molecular formula is C13H11N3O3. The molecule has 0 spiro atoms. The van der Waals surface area contributed by atoms with Crippen LogP contribution in [0.3, 0.4) is 0 Å². The fraction of sp³-hybridized carbons (Fsp3) is 0.154. The van der Waals surface area contributed by atoms with Crippen molar-refractivity contribution in [2.45, 2.75) is 6.92 Å². The summed E-state index contributed by atoms with van der Waals surface area (Å²) in [7, 11) is 1.82. The third kappa shape index (κ3) is 1.69. The third-order valence-corrected chi connectivity index (χ3v) is 2.96. The number of aromatic nitrogens is 3. The van der Waals surface area contributed by atoms with E-state index in [0.717, 1.165) is 10.9 Å². The summed E-state index contributed by atoms with van der Waals surface area (Å²) >= 11 is 0. The second-order valence-electron chi connectivity index (χ2n) is 4.22. The Morgan fingerprint density at radius 2 is 2.11 bits per heavy atom. The van der Waals surface area contributed by atoms with Crippen molar-refractivity contribution in [3.63, 3.8) is 0 Å². The van der Waals surface area contributed by atoms with Crippen molar-refractivity contribution in [1.82, 2.24) is 14.8 Å². The van der Waals surface area contributed by atoms with E-state index in [4.69, 9.17) is 9.52 Å². The van der Waals surface area contributed by atoms with Gasteiger partial charge >= 0.3 is 5.97 Å². The number of para-hydroxylation sites is 1. The summed E-state index contributed by atoms with van der Waals surface area (Å²) in [6.07, 6.45) is 0. The molecule has 19 heavy (non-hydrogen) atoms. The number of carboxylic acid groups (broad SMARTS) is 1. The molecule has 0 unspecified atom stereocenters. The van der Waals surface area contributed by atoms with Gasteiger partial charge in [-0.2, -0.15) is 5.10 Å². The first-order chi connectivity index (χ1) is 9.08. The number of fused-ring (bicyclic) bond motifs is 1. The minimum absolute atomic E-state index is 0.0789. The van der Waals surface area contributed by atoms with E-state index in [2.05, 4.69) is 10.1 Å². The van der Waals surface area contributed by atoms with Crippen molar-refractivity contribution in [3.8, 4) is 11.6 Å². The minimum Gasteiger partial charge on any atom is -0.476 e. The molecule has 1 aromatic carbocycles. The smallest absolute Gasteiger partial charge is 0.358 e. The molecule has 0 aliphatic rings. The van der Waals surface area contributed by atoms with Crippen molar-refractivity contribution >= 4 is 16.9 Å². The van der Waals surface area contributed by atoms with Crippen molar-refractivity contribution in [3.05, 3.63) is 35.7 Å². The van der Waals surface area contributed by atoms with Crippen LogP contribution in [0.25, 0.3) is 22.5 Å². The molecule has 3 aromatic rings. The maximum Gasteiger partial charge on any atom is 0.358 e. The summed E-state index contributed by atoms with van der Waals surface area (Å²) in [5.41, 5.74) is 1.41. The van der Waals surface area contributed by atoms with Crippen LogP contribution in [0.1, 0.15) is 16.2 Å². The average Bonchev–Trinajstić information content (AvgIpc) is 2.91. The molecule has 0 saturated carbocycles. The monoisotopic (exact) mass is 257 g/mol. The van der Waals surface area contributed by atoms with Crippen LogP contribution >= 0.6 is 0 Å². The van der Waals surface area contributed by atoms with Gasteiger partial charge in [0.05, 0.1) is 5.52 Å². The summed E-state index contributed by atoms with van der Waals surface area (Å²) in [5, 5.41) is 14.2. The van der Waals surface area contributed by atoms with Gasteiger partial charge in [0, 0.05) is 12.4 Å². The fourth-order valence-corrected chi connectivity index (χ4v) is 2.07. The quantitative estimate of drug-likeness (QED) is 0.761. The maximum atomic E-state index is 11.0. The summed E-state index contributed by atoms with van der Waals surface area (Å²) in [4.78, 5) is 15.0. The van der Waals surface area contributed by atoms with Gasteiger partial charge in [-0.3, -0.25) is 4.68 Å². The van der Waals surface area contributed by atoms with Gasteiger partial charge in [-0.15, -0.1) is 0 Å². The topological polar surface area (TPSA) is 81.2 Å². The number of rotatable bonds is 2. The Balaban J connectivity index is 2.25.